The lowest BCUT2D eigenvalue weighted by Crippen LogP contribution is -1.92. The number of hydrogen-bond acceptors (Lipinski definition) is 5. The highest BCUT2D eigenvalue weighted by atomic mass is 32.2. The molecule has 0 aliphatic rings. The summed E-state index contributed by atoms with van der Waals surface area (Å²) in [5.74, 6) is 0.806. The van der Waals surface area contributed by atoms with Crippen LogP contribution in [0.5, 0.6) is 0 Å². The predicted molar refractivity (Wildman–Crippen MR) is 93.5 cm³/mol. The summed E-state index contributed by atoms with van der Waals surface area (Å²) in [6, 6.07) is 16.8. The Morgan fingerprint density at radius 1 is 0.909 bits per heavy atom. The van der Waals surface area contributed by atoms with Crippen molar-refractivity contribution in [3.05, 3.63) is 59.2 Å². The first-order valence-corrected chi connectivity index (χ1v) is 8.81. The summed E-state index contributed by atoms with van der Waals surface area (Å²) in [7, 11) is 0. The van der Waals surface area contributed by atoms with Crippen LogP contribution < -0.4 is 0 Å². The van der Waals surface area contributed by atoms with Crippen LogP contribution in [0.15, 0.2) is 52.9 Å². The molecule has 4 rings (SSSR count). The number of pyridine rings is 1. The molecule has 5 heteroatoms. The summed E-state index contributed by atoms with van der Waals surface area (Å²) in [5, 5.41) is 12.9. The van der Waals surface area contributed by atoms with Crippen molar-refractivity contribution in [1.29, 1.82) is 0 Å². The third kappa shape index (κ3) is 2.46. The molecule has 0 N–H and O–H groups in total. The summed E-state index contributed by atoms with van der Waals surface area (Å²) in [6.07, 6.45) is 0. The highest BCUT2D eigenvalue weighted by molar-refractivity contribution is 8.00. The molecule has 0 fully saturated rings. The number of benzene rings is 2. The van der Waals surface area contributed by atoms with Gasteiger partial charge in [0, 0.05) is 16.5 Å². The molecule has 3 nitrogen and oxygen atoms in total. The number of nitrogens with zero attached hydrogens (tertiary/aromatic N) is 3. The zero-order chi connectivity index (χ0) is 14.9. The van der Waals surface area contributed by atoms with Crippen molar-refractivity contribution in [2.45, 2.75) is 17.0 Å². The molecule has 0 aliphatic heterocycles. The lowest BCUT2D eigenvalue weighted by Gasteiger charge is -2.08. The minimum Gasteiger partial charge on any atom is -0.251 e. The third-order valence-electron chi connectivity index (χ3n) is 3.53. The fraction of sp³-hybridized carbons (Fsp3) is 0.118. The van der Waals surface area contributed by atoms with E-state index in [1.807, 2.05) is 13.0 Å². The van der Waals surface area contributed by atoms with Gasteiger partial charge in [-0.3, -0.25) is 4.98 Å². The lowest BCUT2D eigenvalue weighted by atomic mass is 10.0. The third-order valence-corrected chi connectivity index (χ3v) is 5.51. The van der Waals surface area contributed by atoms with Crippen LogP contribution >= 0.6 is 23.1 Å². The van der Waals surface area contributed by atoms with E-state index in [4.69, 9.17) is 4.98 Å². The SMILES string of the molecule is Cc1nnc(SCc2nc3ccccc3c3ccccc23)s1. The maximum atomic E-state index is 4.86. The Balaban J connectivity index is 1.81. The molecule has 22 heavy (non-hydrogen) atoms. The molecule has 0 saturated heterocycles. The number of thioether (sulfide) groups is 1. The van der Waals surface area contributed by atoms with Crippen LogP contribution in [0.1, 0.15) is 10.7 Å². The van der Waals surface area contributed by atoms with Crippen LogP contribution in [0.2, 0.25) is 0 Å². The maximum absolute atomic E-state index is 4.86. The Labute approximate surface area is 136 Å². The number of hydrogen-bond donors (Lipinski definition) is 0. The Hall–Kier alpha value is -1.98. The lowest BCUT2D eigenvalue weighted by molar-refractivity contribution is 0.983. The number of rotatable bonds is 3. The van der Waals surface area contributed by atoms with Crippen molar-refractivity contribution in [1.82, 2.24) is 15.2 Å². The van der Waals surface area contributed by atoms with Gasteiger partial charge in [0.05, 0.1) is 11.2 Å². The van der Waals surface area contributed by atoms with E-state index in [9.17, 15) is 0 Å². The van der Waals surface area contributed by atoms with Gasteiger partial charge in [0.1, 0.15) is 5.01 Å². The Morgan fingerprint density at radius 3 is 2.41 bits per heavy atom. The van der Waals surface area contributed by atoms with Crippen LogP contribution in [0, 0.1) is 6.92 Å². The summed E-state index contributed by atoms with van der Waals surface area (Å²) in [5.41, 5.74) is 2.15. The molecule has 4 aromatic rings. The second kappa shape index (κ2) is 5.66. The van der Waals surface area contributed by atoms with Gasteiger partial charge in [-0.1, -0.05) is 65.6 Å². The molecule has 108 valence electrons. The Bertz CT molecular complexity index is 962. The van der Waals surface area contributed by atoms with Crippen molar-refractivity contribution in [2.75, 3.05) is 0 Å². The van der Waals surface area contributed by atoms with E-state index in [1.165, 1.54) is 16.2 Å². The van der Waals surface area contributed by atoms with Gasteiger partial charge in [-0.2, -0.15) is 0 Å². The van der Waals surface area contributed by atoms with Crippen LogP contribution in [0.3, 0.4) is 0 Å². The van der Waals surface area contributed by atoms with Crippen molar-refractivity contribution in [3.63, 3.8) is 0 Å². The fourth-order valence-electron chi connectivity index (χ4n) is 2.55. The smallest absolute Gasteiger partial charge is 0.174 e. The molecule has 2 aromatic carbocycles. The van der Waals surface area contributed by atoms with E-state index in [2.05, 4.69) is 52.7 Å². The monoisotopic (exact) mass is 323 g/mol. The Kier molecular flexibility index (Phi) is 3.52. The van der Waals surface area contributed by atoms with Gasteiger partial charge in [0.25, 0.3) is 0 Å². The number of fused-ring (bicyclic) bond motifs is 3. The molecule has 0 radical (unpaired) electrons. The molecule has 2 heterocycles. The van der Waals surface area contributed by atoms with E-state index >= 15 is 0 Å². The number of aryl methyl sites for hydroxylation is 1. The fourth-order valence-corrected chi connectivity index (χ4v) is 4.32. The van der Waals surface area contributed by atoms with Crippen molar-refractivity contribution in [3.8, 4) is 0 Å². The highest BCUT2D eigenvalue weighted by Crippen LogP contribution is 2.31. The maximum Gasteiger partial charge on any atom is 0.174 e. The minimum absolute atomic E-state index is 0.806. The van der Waals surface area contributed by atoms with Gasteiger partial charge in [-0.25, -0.2) is 0 Å². The van der Waals surface area contributed by atoms with Crippen LogP contribution in [-0.2, 0) is 5.75 Å². The van der Waals surface area contributed by atoms with Crippen LogP contribution in [0.4, 0.5) is 0 Å². The van der Waals surface area contributed by atoms with Crippen LogP contribution in [0.25, 0.3) is 21.7 Å². The normalized spacial score (nSPS) is 11.3. The molecule has 0 amide bonds. The molecular weight excluding hydrogens is 310 g/mol. The minimum atomic E-state index is 0.806. The van der Waals surface area contributed by atoms with Crippen LogP contribution in [-0.4, -0.2) is 15.2 Å². The summed E-state index contributed by atoms with van der Waals surface area (Å²) >= 11 is 3.33. The topological polar surface area (TPSA) is 38.7 Å². The quantitative estimate of drug-likeness (QED) is 0.399. The van der Waals surface area contributed by atoms with Gasteiger partial charge in [0.15, 0.2) is 4.34 Å². The summed E-state index contributed by atoms with van der Waals surface area (Å²) in [4.78, 5) is 4.86. The second-order valence-corrected chi connectivity index (χ2v) is 7.40. The average Bonchev–Trinajstić information content (AvgIpc) is 2.98. The van der Waals surface area contributed by atoms with Crippen molar-refractivity contribution < 1.29 is 0 Å². The zero-order valence-electron chi connectivity index (χ0n) is 12.0. The Morgan fingerprint density at radius 2 is 1.64 bits per heavy atom. The first-order valence-electron chi connectivity index (χ1n) is 7.00. The van der Waals surface area contributed by atoms with Gasteiger partial charge < -0.3 is 0 Å². The van der Waals surface area contributed by atoms with E-state index in [0.717, 1.165) is 26.3 Å². The average molecular weight is 323 g/mol. The van der Waals surface area contributed by atoms with E-state index < -0.39 is 0 Å². The largest absolute Gasteiger partial charge is 0.251 e. The summed E-state index contributed by atoms with van der Waals surface area (Å²) in [6.45, 7) is 1.98. The van der Waals surface area contributed by atoms with Crippen molar-refractivity contribution >= 4 is 44.8 Å². The van der Waals surface area contributed by atoms with E-state index in [0.29, 0.717) is 0 Å². The molecule has 2 aromatic heterocycles. The van der Waals surface area contributed by atoms with Gasteiger partial charge in [0.2, 0.25) is 0 Å². The molecule has 0 unspecified atom stereocenters. The first kappa shape index (κ1) is 13.7. The first-order chi connectivity index (χ1) is 10.8. The molecule has 0 saturated carbocycles. The number of aromatic nitrogens is 3. The molecule has 0 spiro atoms. The predicted octanol–water partition coefficient (Wildman–Crippen LogP) is 4.84. The van der Waals surface area contributed by atoms with E-state index in [-0.39, 0.29) is 0 Å². The molecule has 0 atom stereocenters. The van der Waals surface area contributed by atoms with Gasteiger partial charge in [-0.15, -0.1) is 10.2 Å². The summed E-state index contributed by atoms with van der Waals surface area (Å²) < 4.78 is 0.997. The standard InChI is InChI=1S/C17H13N3S2/c1-11-19-20-17(22-11)21-10-16-14-8-3-2-6-12(14)13-7-4-5-9-15(13)18-16/h2-9H,10H2,1H3. The second-order valence-electron chi connectivity index (χ2n) is 5.00. The number of para-hydroxylation sites is 1. The van der Waals surface area contributed by atoms with Crippen molar-refractivity contribution in [2.24, 2.45) is 0 Å². The molecule has 0 aliphatic carbocycles. The van der Waals surface area contributed by atoms with Gasteiger partial charge >= 0.3 is 0 Å². The van der Waals surface area contributed by atoms with Gasteiger partial charge in [-0.05, 0) is 18.4 Å². The molecule has 0 bridgehead atoms. The highest BCUT2D eigenvalue weighted by Gasteiger charge is 2.09. The molecular formula is C17H13N3S2. The van der Waals surface area contributed by atoms with E-state index in [1.54, 1.807) is 23.1 Å². The zero-order valence-corrected chi connectivity index (χ0v) is 13.6.